The lowest BCUT2D eigenvalue weighted by molar-refractivity contribution is 0.669. The predicted octanol–water partition coefficient (Wildman–Crippen LogP) is 5.85. The SMILES string of the molecule is C=C/C=C(\C=C)c1nc(Cl)nc(-c2cccc3c2oc2ccccc23)n1. The maximum atomic E-state index is 6.15. The van der Waals surface area contributed by atoms with E-state index in [1.807, 2.05) is 42.5 Å². The van der Waals surface area contributed by atoms with Gasteiger partial charge in [0.2, 0.25) is 5.28 Å². The summed E-state index contributed by atoms with van der Waals surface area (Å²) in [6.45, 7) is 7.49. The fourth-order valence-corrected chi connectivity index (χ4v) is 3.04. The van der Waals surface area contributed by atoms with E-state index in [0.29, 0.717) is 17.2 Å². The number of benzene rings is 2. The first-order chi connectivity index (χ1) is 12.7. The fourth-order valence-electron chi connectivity index (χ4n) is 2.88. The second kappa shape index (κ2) is 6.58. The summed E-state index contributed by atoms with van der Waals surface area (Å²) in [5.41, 5.74) is 3.00. The van der Waals surface area contributed by atoms with E-state index >= 15 is 0 Å². The van der Waals surface area contributed by atoms with Gasteiger partial charge in [-0.1, -0.05) is 61.7 Å². The van der Waals surface area contributed by atoms with Gasteiger partial charge in [-0.25, -0.2) is 4.98 Å². The lowest BCUT2D eigenvalue weighted by Crippen LogP contribution is -1.99. The quantitative estimate of drug-likeness (QED) is 0.429. The van der Waals surface area contributed by atoms with Gasteiger partial charge in [-0.05, 0) is 23.7 Å². The Labute approximate surface area is 155 Å². The number of halogens is 1. The number of para-hydroxylation sites is 2. The summed E-state index contributed by atoms with van der Waals surface area (Å²) in [5, 5.41) is 2.15. The van der Waals surface area contributed by atoms with E-state index in [4.69, 9.17) is 16.0 Å². The van der Waals surface area contributed by atoms with Crippen LogP contribution in [0.15, 0.2) is 78.3 Å². The lowest BCUT2D eigenvalue weighted by atomic mass is 10.1. The van der Waals surface area contributed by atoms with E-state index in [0.717, 1.165) is 27.5 Å². The molecule has 0 aliphatic carbocycles. The van der Waals surface area contributed by atoms with Gasteiger partial charge in [0, 0.05) is 16.3 Å². The second-order valence-corrected chi connectivity index (χ2v) is 5.93. The van der Waals surface area contributed by atoms with Crippen LogP contribution in [-0.4, -0.2) is 15.0 Å². The van der Waals surface area contributed by atoms with E-state index in [9.17, 15) is 0 Å². The molecule has 0 unspecified atom stereocenters. The summed E-state index contributed by atoms with van der Waals surface area (Å²) >= 11 is 6.15. The summed E-state index contributed by atoms with van der Waals surface area (Å²) in [6, 6.07) is 13.8. The van der Waals surface area contributed by atoms with Gasteiger partial charge in [-0.3, -0.25) is 0 Å². The monoisotopic (exact) mass is 359 g/mol. The van der Waals surface area contributed by atoms with Crippen molar-refractivity contribution in [2.75, 3.05) is 0 Å². The highest BCUT2D eigenvalue weighted by atomic mass is 35.5. The summed E-state index contributed by atoms with van der Waals surface area (Å²) in [4.78, 5) is 13.1. The van der Waals surface area contributed by atoms with Gasteiger partial charge in [0.1, 0.15) is 11.2 Å². The Bertz CT molecular complexity index is 1190. The summed E-state index contributed by atoms with van der Waals surface area (Å²) in [7, 11) is 0. The Morgan fingerprint density at radius 2 is 1.77 bits per heavy atom. The topological polar surface area (TPSA) is 51.8 Å². The Morgan fingerprint density at radius 1 is 0.962 bits per heavy atom. The molecule has 2 heterocycles. The zero-order chi connectivity index (χ0) is 18.1. The van der Waals surface area contributed by atoms with Gasteiger partial charge in [-0.15, -0.1) is 0 Å². The molecule has 26 heavy (non-hydrogen) atoms. The molecule has 0 aliphatic heterocycles. The van der Waals surface area contributed by atoms with Crippen LogP contribution in [0.3, 0.4) is 0 Å². The van der Waals surface area contributed by atoms with Gasteiger partial charge < -0.3 is 4.42 Å². The number of hydrogen-bond donors (Lipinski definition) is 0. The highest BCUT2D eigenvalue weighted by Crippen LogP contribution is 2.34. The van der Waals surface area contributed by atoms with Crippen molar-refractivity contribution in [3.05, 3.63) is 85.0 Å². The van der Waals surface area contributed by atoms with Crippen LogP contribution in [0.1, 0.15) is 5.82 Å². The van der Waals surface area contributed by atoms with E-state index in [1.165, 1.54) is 0 Å². The highest BCUT2D eigenvalue weighted by Gasteiger charge is 2.16. The molecule has 4 rings (SSSR count). The number of rotatable bonds is 4. The van der Waals surface area contributed by atoms with Crippen LogP contribution in [0.2, 0.25) is 5.28 Å². The van der Waals surface area contributed by atoms with Crippen molar-refractivity contribution in [3.8, 4) is 11.4 Å². The zero-order valence-corrected chi connectivity index (χ0v) is 14.6. The van der Waals surface area contributed by atoms with Gasteiger partial charge in [0.15, 0.2) is 11.6 Å². The van der Waals surface area contributed by atoms with Crippen molar-refractivity contribution in [1.82, 2.24) is 15.0 Å². The minimum absolute atomic E-state index is 0.106. The molecule has 0 spiro atoms. The molecule has 0 bridgehead atoms. The predicted molar refractivity (Wildman–Crippen MR) is 106 cm³/mol. The third kappa shape index (κ3) is 2.70. The molecule has 0 aliphatic rings. The maximum absolute atomic E-state index is 6.15. The molecule has 0 atom stereocenters. The molecule has 0 amide bonds. The van der Waals surface area contributed by atoms with Crippen molar-refractivity contribution < 1.29 is 4.42 Å². The minimum Gasteiger partial charge on any atom is -0.455 e. The van der Waals surface area contributed by atoms with Crippen molar-refractivity contribution in [3.63, 3.8) is 0 Å². The second-order valence-electron chi connectivity index (χ2n) is 5.59. The molecule has 0 saturated carbocycles. The average Bonchev–Trinajstić information content (AvgIpc) is 3.04. The molecule has 0 saturated heterocycles. The van der Waals surface area contributed by atoms with Crippen molar-refractivity contribution in [2.24, 2.45) is 0 Å². The van der Waals surface area contributed by atoms with Gasteiger partial charge in [0.05, 0.1) is 5.56 Å². The van der Waals surface area contributed by atoms with E-state index < -0.39 is 0 Å². The van der Waals surface area contributed by atoms with E-state index in [2.05, 4.69) is 28.1 Å². The number of aromatic nitrogens is 3. The van der Waals surface area contributed by atoms with Crippen LogP contribution in [0.5, 0.6) is 0 Å². The molecule has 2 aromatic carbocycles. The molecular formula is C21H14ClN3O. The lowest BCUT2D eigenvalue weighted by Gasteiger charge is -2.05. The van der Waals surface area contributed by atoms with Gasteiger partial charge >= 0.3 is 0 Å². The van der Waals surface area contributed by atoms with Crippen LogP contribution in [0.25, 0.3) is 38.9 Å². The van der Waals surface area contributed by atoms with Crippen molar-refractivity contribution in [2.45, 2.75) is 0 Å². The van der Waals surface area contributed by atoms with Crippen molar-refractivity contribution >= 4 is 39.1 Å². The summed E-state index contributed by atoms with van der Waals surface area (Å²) in [6.07, 6.45) is 5.07. The summed E-state index contributed by atoms with van der Waals surface area (Å²) in [5.74, 6) is 0.879. The third-order valence-electron chi connectivity index (χ3n) is 4.03. The molecular weight excluding hydrogens is 346 g/mol. The number of nitrogens with zero attached hydrogens (tertiary/aromatic N) is 3. The Balaban J connectivity index is 1.98. The molecule has 0 N–H and O–H groups in total. The smallest absolute Gasteiger partial charge is 0.226 e. The van der Waals surface area contributed by atoms with Crippen LogP contribution in [-0.2, 0) is 0 Å². The Hall–Kier alpha value is -3.24. The van der Waals surface area contributed by atoms with E-state index in [1.54, 1.807) is 18.2 Å². The summed E-state index contributed by atoms with van der Waals surface area (Å²) < 4.78 is 6.06. The zero-order valence-electron chi connectivity index (χ0n) is 13.8. The molecule has 4 aromatic rings. The first kappa shape index (κ1) is 16.2. The van der Waals surface area contributed by atoms with Crippen LogP contribution in [0.4, 0.5) is 0 Å². The van der Waals surface area contributed by atoms with Crippen LogP contribution < -0.4 is 0 Å². The molecule has 4 nitrogen and oxygen atoms in total. The van der Waals surface area contributed by atoms with E-state index in [-0.39, 0.29) is 5.28 Å². The Morgan fingerprint density at radius 3 is 2.58 bits per heavy atom. The molecule has 126 valence electrons. The Kier molecular flexibility index (Phi) is 4.11. The number of hydrogen-bond acceptors (Lipinski definition) is 4. The largest absolute Gasteiger partial charge is 0.455 e. The fraction of sp³-hybridized carbons (Fsp3) is 0. The third-order valence-corrected chi connectivity index (χ3v) is 4.20. The first-order valence-corrected chi connectivity index (χ1v) is 8.37. The number of fused-ring (bicyclic) bond motifs is 3. The van der Waals surface area contributed by atoms with Gasteiger partial charge in [-0.2, -0.15) is 9.97 Å². The van der Waals surface area contributed by atoms with Crippen LogP contribution >= 0.6 is 11.6 Å². The maximum Gasteiger partial charge on any atom is 0.226 e. The first-order valence-electron chi connectivity index (χ1n) is 7.99. The molecule has 2 aromatic heterocycles. The standard InChI is InChI=1S/C21H14ClN3O/c1-3-8-13(4-2)19-23-20(25-21(22)24-19)16-11-7-10-15-14-9-5-6-12-17(14)26-18(15)16/h3-12H,1-2H2/b13-8+. The van der Waals surface area contributed by atoms with Gasteiger partial charge in [0.25, 0.3) is 0 Å². The average molecular weight is 360 g/mol. The molecule has 0 radical (unpaired) electrons. The van der Waals surface area contributed by atoms with Crippen LogP contribution in [0, 0.1) is 0 Å². The number of furan rings is 1. The van der Waals surface area contributed by atoms with Crippen molar-refractivity contribution in [1.29, 1.82) is 0 Å². The molecule has 0 fully saturated rings. The highest BCUT2D eigenvalue weighted by molar-refractivity contribution is 6.28. The molecule has 5 heteroatoms. The number of allylic oxidation sites excluding steroid dienone is 4. The normalized spacial score (nSPS) is 11.8. The minimum atomic E-state index is 0.106.